The van der Waals surface area contributed by atoms with E-state index in [0.717, 1.165) is 31.6 Å². The number of amides is 2. The summed E-state index contributed by atoms with van der Waals surface area (Å²) in [5.41, 5.74) is 0.890. The molecule has 9 nitrogen and oxygen atoms in total. The average Bonchev–Trinajstić information content (AvgIpc) is 2.63. The number of aromatic nitrogens is 1. The molecule has 1 saturated heterocycles. The van der Waals surface area contributed by atoms with Crippen molar-refractivity contribution in [2.24, 2.45) is 0 Å². The highest BCUT2D eigenvalue weighted by Crippen LogP contribution is 2.27. The highest BCUT2D eigenvalue weighted by atomic mass is 16.5. The minimum absolute atomic E-state index is 0.0386. The number of morpholine rings is 1. The lowest BCUT2D eigenvalue weighted by atomic mass is 9.85. The van der Waals surface area contributed by atoms with Gasteiger partial charge >= 0.3 is 12.0 Å². The molecule has 9 heteroatoms. The zero-order valence-corrected chi connectivity index (χ0v) is 15.6. The van der Waals surface area contributed by atoms with Crippen LogP contribution in [0.4, 0.5) is 16.3 Å². The summed E-state index contributed by atoms with van der Waals surface area (Å²) in [6.07, 6.45) is 3.17. The van der Waals surface area contributed by atoms with Crippen LogP contribution >= 0.6 is 0 Å². The van der Waals surface area contributed by atoms with Gasteiger partial charge in [-0.25, -0.2) is 9.78 Å². The van der Waals surface area contributed by atoms with Crippen LogP contribution < -0.4 is 15.5 Å². The Hall–Kier alpha value is -2.39. The van der Waals surface area contributed by atoms with Gasteiger partial charge in [-0.1, -0.05) is 6.92 Å². The standard InChI is InChI=1S/C18H27N5O4/c1-2-22(12-16(24)25)14-10-13(11-14)20-18(26)21-17-15(4-3-5-19-17)23-6-8-27-9-7-23/h3-5,13-14H,2,6-12H2,1H3,(H,24,25)(H2,19,20,21,26). The first kappa shape index (κ1) is 19.4. The number of anilines is 2. The SMILES string of the molecule is CCN(CC(=O)O)C1CC(NC(=O)Nc2ncccc2N2CCOCC2)C1. The van der Waals surface area contributed by atoms with Gasteiger partial charge in [-0.3, -0.25) is 15.0 Å². The number of hydrogen-bond acceptors (Lipinski definition) is 6. The number of nitrogens with one attached hydrogen (secondary N) is 2. The number of likely N-dealkylation sites (N-methyl/N-ethyl adjacent to an activating group) is 1. The third kappa shape index (κ3) is 5.08. The van der Waals surface area contributed by atoms with E-state index in [0.29, 0.717) is 25.6 Å². The lowest BCUT2D eigenvalue weighted by Crippen LogP contribution is -2.55. The number of ether oxygens (including phenoxy) is 1. The summed E-state index contributed by atoms with van der Waals surface area (Å²) in [5, 5.41) is 14.7. The number of carboxylic acids is 1. The molecule has 0 unspecified atom stereocenters. The summed E-state index contributed by atoms with van der Waals surface area (Å²) in [6, 6.07) is 3.77. The number of nitrogens with zero attached hydrogens (tertiary/aromatic N) is 3. The van der Waals surface area contributed by atoms with Crippen LogP contribution in [0.25, 0.3) is 0 Å². The van der Waals surface area contributed by atoms with Crippen LogP contribution in [0, 0.1) is 0 Å². The normalized spacial score (nSPS) is 22.2. The molecule has 1 saturated carbocycles. The topological polar surface area (TPSA) is 107 Å². The molecule has 0 atom stereocenters. The van der Waals surface area contributed by atoms with E-state index in [4.69, 9.17) is 9.84 Å². The van der Waals surface area contributed by atoms with Crippen LogP contribution in [-0.4, -0.2) is 78.5 Å². The Bertz CT molecular complexity index is 659. The summed E-state index contributed by atoms with van der Waals surface area (Å²) in [4.78, 5) is 31.6. The number of rotatable bonds is 7. The predicted octanol–water partition coefficient (Wildman–Crippen LogP) is 0.977. The molecular weight excluding hydrogens is 350 g/mol. The Morgan fingerprint density at radius 1 is 1.37 bits per heavy atom. The molecule has 1 aromatic rings. The third-order valence-corrected chi connectivity index (χ3v) is 5.08. The van der Waals surface area contributed by atoms with Crippen molar-refractivity contribution in [3.63, 3.8) is 0 Å². The Labute approximate surface area is 158 Å². The van der Waals surface area contributed by atoms with Crippen molar-refractivity contribution in [1.82, 2.24) is 15.2 Å². The van der Waals surface area contributed by atoms with Gasteiger partial charge in [0.1, 0.15) is 0 Å². The van der Waals surface area contributed by atoms with Gasteiger partial charge in [0.15, 0.2) is 5.82 Å². The van der Waals surface area contributed by atoms with E-state index in [-0.39, 0.29) is 24.7 Å². The molecule has 0 aromatic carbocycles. The van der Waals surface area contributed by atoms with Crippen molar-refractivity contribution >= 4 is 23.5 Å². The van der Waals surface area contributed by atoms with E-state index in [1.54, 1.807) is 6.20 Å². The molecule has 2 aliphatic rings. The summed E-state index contributed by atoms with van der Waals surface area (Å²) in [7, 11) is 0. The van der Waals surface area contributed by atoms with Crippen molar-refractivity contribution in [1.29, 1.82) is 0 Å². The fourth-order valence-electron chi connectivity index (χ4n) is 3.56. The molecule has 3 N–H and O–H groups in total. The van der Waals surface area contributed by atoms with Crippen molar-refractivity contribution in [2.75, 3.05) is 49.6 Å². The predicted molar refractivity (Wildman–Crippen MR) is 101 cm³/mol. The Morgan fingerprint density at radius 3 is 2.78 bits per heavy atom. The van der Waals surface area contributed by atoms with Crippen LogP contribution in [0.15, 0.2) is 18.3 Å². The quantitative estimate of drug-likeness (QED) is 0.650. The first-order chi connectivity index (χ1) is 13.1. The highest BCUT2D eigenvalue weighted by molar-refractivity contribution is 5.92. The zero-order chi connectivity index (χ0) is 19.2. The maximum atomic E-state index is 12.4. The summed E-state index contributed by atoms with van der Waals surface area (Å²) >= 11 is 0. The van der Waals surface area contributed by atoms with Crippen LogP contribution in [0.1, 0.15) is 19.8 Å². The lowest BCUT2D eigenvalue weighted by molar-refractivity contribution is -0.139. The van der Waals surface area contributed by atoms with E-state index in [1.165, 1.54) is 0 Å². The maximum absolute atomic E-state index is 12.4. The van der Waals surface area contributed by atoms with Crippen LogP contribution in [0.2, 0.25) is 0 Å². The van der Waals surface area contributed by atoms with Gasteiger partial charge in [0.05, 0.1) is 25.4 Å². The number of urea groups is 1. The number of hydrogen-bond donors (Lipinski definition) is 3. The molecule has 2 fully saturated rings. The number of pyridine rings is 1. The highest BCUT2D eigenvalue weighted by Gasteiger charge is 2.34. The maximum Gasteiger partial charge on any atom is 0.320 e. The first-order valence-corrected chi connectivity index (χ1v) is 9.38. The van der Waals surface area contributed by atoms with Crippen LogP contribution in [0.5, 0.6) is 0 Å². The Morgan fingerprint density at radius 2 is 2.11 bits per heavy atom. The van der Waals surface area contributed by atoms with Gasteiger partial charge in [0.25, 0.3) is 0 Å². The summed E-state index contributed by atoms with van der Waals surface area (Å²) < 4.78 is 5.38. The van der Waals surface area contributed by atoms with E-state index in [9.17, 15) is 9.59 Å². The van der Waals surface area contributed by atoms with Gasteiger partial charge in [-0.15, -0.1) is 0 Å². The fourth-order valence-corrected chi connectivity index (χ4v) is 3.56. The molecular formula is C18H27N5O4. The zero-order valence-electron chi connectivity index (χ0n) is 15.6. The molecule has 2 heterocycles. The Kier molecular flexibility index (Phi) is 6.46. The van der Waals surface area contributed by atoms with Crippen molar-refractivity contribution in [3.05, 3.63) is 18.3 Å². The largest absolute Gasteiger partial charge is 0.480 e. The van der Waals surface area contributed by atoms with Gasteiger partial charge in [-0.05, 0) is 31.5 Å². The van der Waals surface area contributed by atoms with Gasteiger partial charge in [0, 0.05) is 31.4 Å². The van der Waals surface area contributed by atoms with Gasteiger partial charge in [-0.2, -0.15) is 0 Å². The van der Waals surface area contributed by atoms with Crippen LogP contribution in [-0.2, 0) is 9.53 Å². The molecule has 0 radical (unpaired) electrons. The number of carbonyl (C=O) groups excluding carboxylic acids is 1. The van der Waals surface area contributed by atoms with Crippen LogP contribution in [0.3, 0.4) is 0 Å². The molecule has 2 amide bonds. The summed E-state index contributed by atoms with van der Waals surface area (Å²) in [5.74, 6) is -0.286. The minimum Gasteiger partial charge on any atom is -0.480 e. The van der Waals surface area contributed by atoms with Crippen molar-refractivity contribution in [2.45, 2.75) is 31.8 Å². The van der Waals surface area contributed by atoms with E-state index < -0.39 is 5.97 Å². The molecule has 0 spiro atoms. The van der Waals surface area contributed by atoms with Gasteiger partial charge < -0.3 is 20.1 Å². The molecule has 1 aliphatic carbocycles. The van der Waals surface area contributed by atoms with E-state index >= 15 is 0 Å². The van der Waals surface area contributed by atoms with E-state index in [1.807, 2.05) is 24.0 Å². The average molecular weight is 377 g/mol. The molecule has 27 heavy (non-hydrogen) atoms. The fraction of sp³-hybridized carbons (Fsp3) is 0.611. The minimum atomic E-state index is -0.822. The van der Waals surface area contributed by atoms with Gasteiger partial charge in [0.2, 0.25) is 0 Å². The smallest absolute Gasteiger partial charge is 0.320 e. The second kappa shape index (κ2) is 9.01. The lowest BCUT2D eigenvalue weighted by Gasteiger charge is -2.42. The second-order valence-electron chi connectivity index (χ2n) is 6.85. The third-order valence-electron chi connectivity index (χ3n) is 5.08. The second-order valence-corrected chi connectivity index (χ2v) is 6.85. The first-order valence-electron chi connectivity index (χ1n) is 9.38. The number of carbonyl (C=O) groups is 2. The van der Waals surface area contributed by atoms with Crippen molar-refractivity contribution in [3.8, 4) is 0 Å². The Balaban J connectivity index is 1.50. The molecule has 0 bridgehead atoms. The molecule has 1 aliphatic heterocycles. The van der Waals surface area contributed by atoms with Crippen molar-refractivity contribution < 1.29 is 19.4 Å². The number of carboxylic acid groups (broad SMARTS) is 1. The molecule has 148 valence electrons. The summed E-state index contributed by atoms with van der Waals surface area (Å²) in [6.45, 7) is 5.53. The number of aliphatic carboxylic acids is 1. The van der Waals surface area contributed by atoms with E-state index in [2.05, 4.69) is 20.5 Å². The molecule has 3 rings (SSSR count). The monoisotopic (exact) mass is 377 g/mol. The molecule has 1 aromatic heterocycles.